The van der Waals surface area contributed by atoms with Crippen LogP contribution in [-0.4, -0.2) is 51.1 Å². The number of sulfone groups is 1. The van der Waals surface area contributed by atoms with E-state index in [-0.39, 0.29) is 5.91 Å². The summed E-state index contributed by atoms with van der Waals surface area (Å²) < 4.78 is 24.0. The Kier molecular flexibility index (Phi) is 4.67. The minimum Gasteiger partial charge on any atom is -0.397 e. The quantitative estimate of drug-likeness (QED) is 0.787. The SMILES string of the molecule is CNC(=O)c1ccc(N)c(N2CCSCC2S(C)(=O)=O)c1. The zero-order valence-electron chi connectivity index (χ0n) is 12.0. The summed E-state index contributed by atoms with van der Waals surface area (Å²) in [6, 6.07) is 4.93. The predicted molar refractivity (Wildman–Crippen MR) is 87.5 cm³/mol. The van der Waals surface area contributed by atoms with Gasteiger partial charge in [0.15, 0.2) is 9.84 Å². The fourth-order valence-electron chi connectivity index (χ4n) is 2.29. The van der Waals surface area contributed by atoms with Crippen molar-refractivity contribution in [2.75, 3.05) is 42.0 Å². The van der Waals surface area contributed by atoms with Gasteiger partial charge in [-0.2, -0.15) is 11.8 Å². The number of hydrogen-bond donors (Lipinski definition) is 2. The van der Waals surface area contributed by atoms with E-state index in [0.29, 0.717) is 29.2 Å². The number of nitrogens with one attached hydrogen (secondary N) is 1. The van der Waals surface area contributed by atoms with Gasteiger partial charge in [0.1, 0.15) is 5.37 Å². The highest BCUT2D eigenvalue weighted by molar-refractivity contribution is 8.01. The maximum Gasteiger partial charge on any atom is 0.251 e. The number of nitrogen functional groups attached to an aromatic ring is 1. The van der Waals surface area contributed by atoms with Crippen LogP contribution in [0.15, 0.2) is 18.2 Å². The van der Waals surface area contributed by atoms with Crippen LogP contribution in [-0.2, 0) is 9.84 Å². The molecule has 116 valence electrons. The molecule has 0 saturated carbocycles. The van der Waals surface area contributed by atoms with E-state index < -0.39 is 15.2 Å². The third kappa shape index (κ3) is 3.44. The minimum absolute atomic E-state index is 0.224. The average molecular weight is 329 g/mol. The van der Waals surface area contributed by atoms with Crippen molar-refractivity contribution in [3.05, 3.63) is 23.8 Å². The van der Waals surface area contributed by atoms with Crippen molar-refractivity contribution in [3.8, 4) is 0 Å². The molecule has 1 fully saturated rings. The van der Waals surface area contributed by atoms with Crippen molar-refractivity contribution in [3.63, 3.8) is 0 Å². The van der Waals surface area contributed by atoms with Crippen molar-refractivity contribution in [2.45, 2.75) is 5.37 Å². The molecule has 1 unspecified atom stereocenters. The summed E-state index contributed by atoms with van der Waals surface area (Å²) in [6.07, 6.45) is 1.23. The lowest BCUT2D eigenvalue weighted by Gasteiger charge is -2.36. The Labute approximate surface area is 129 Å². The van der Waals surface area contributed by atoms with E-state index in [2.05, 4.69) is 5.32 Å². The van der Waals surface area contributed by atoms with E-state index in [1.165, 1.54) is 6.26 Å². The van der Waals surface area contributed by atoms with Crippen LogP contribution in [0.2, 0.25) is 0 Å². The molecule has 3 N–H and O–H groups in total. The summed E-state index contributed by atoms with van der Waals surface area (Å²) in [5, 5.41) is 1.94. The first-order valence-corrected chi connectivity index (χ1v) is 9.60. The molecule has 2 rings (SSSR count). The van der Waals surface area contributed by atoms with Gasteiger partial charge in [0.2, 0.25) is 0 Å². The monoisotopic (exact) mass is 329 g/mol. The molecule has 1 aliphatic heterocycles. The van der Waals surface area contributed by atoms with E-state index in [4.69, 9.17) is 5.73 Å². The number of hydrogen-bond acceptors (Lipinski definition) is 6. The number of benzene rings is 1. The van der Waals surface area contributed by atoms with Gasteiger partial charge >= 0.3 is 0 Å². The fourth-order valence-corrected chi connectivity index (χ4v) is 5.12. The number of thioether (sulfide) groups is 1. The van der Waals surface area contributed by atoms with Gasteiger partial charge in [0.25, 0.3) is 5.91 Å². The molecule has 1 aromatic rings. The molecule has 6 nitrogen and oxygen atoms in total. The number of anilines is 2. The first kappa shape index (κ1) is 16.0. The maximum atomic E-state index is 12.0. The van der Waals surface area contributed by atoms with Gasteiger partial charge in [-0.3, -0.25) is 4.79 Å². The van der Waals surface area contributed by atoms with Crippen LogP contribution < -0.4 is 16.0 Å². The second-order valence-corrected chi connectivity index (χ2v) is 8.26. The Bertz CT molecular complexity index is 646. The van der Waals surface area contributed by atoms with Crippen LogP contribution in [0, 0.1) is 0 Å². The van der Waals surface area contributed by atoms with E-state index >= 15 is 0 Å². The molecule has 1 atom stereocenters. The Hall–Kier alpha value is -1.41. The van der Waals surface area contributed by atoms with Gasteiger partial charge in [0, 0.05) is 36.9 Å². The van der Waals surface area contributed by atoms with Crippen LogP contribution in [0.3, 0.4) is 0 Å². The maximum absolute atomic E-state index is 12.0. The van der Waals surface area contributed by atoms with Crippen molar-refractivity contribution >= 4 is 38.9 Å². The predicted octanol–water partition coefficient (Wildman–Crippen LogP) is 0.552. The van der Waals surface area contributed by atoms with E-state index in [1.807, 2.05) is 0 Å². The lowest BCUT2D eigenvalue weighted by Crippen LogP contribution is -2.47. The molecule has 1 heterocycles. The van der Waals surface area contributed by atoms with Gasteiger partial charge in [-0.25, -0.2) is 8.42 Å². The Morgan fingerprint density at radius 2 is 2.19 bits per heavy atom. The smallest absolute Gasteiger partial charge is 0.251 e. The molecular weight excluding hydrogens is 310 g/mol. The molecule has 1 amide bonds. The molecule has 1 saturated heterocycles. The van der Waals surface area contributed by atoms with Crippen LogP contribution in [0.1, 0.15) is 10.4 Å². The summed E-state index contributed by atoms with van der Waals surface area (Å²) >= 11 is 1.61. The first-order valence-electron chi connectivity index (χ1n) is 6.49. The van der Waals surface area contributed by atoms with E-state index in [9.17, 15) is 13.2 Å². The second kappa shape index (κ2) is 6.15. The molecule has 0 aromatic heterocycles. The Morgan fingerprint density at radius 3 is 2.81 bits per heavy atom. The number of rotatable bonds is 3. The number of carbonyl (C=O) groups is 1. The Morgan fingerprint density at radius 1 is 1.48 bits per heavy atom. The standard InChI is InChI=1S/C13H19N3O3S2/c1-15-13(17)9-3-4-10(14)11(7-9)16-5-6-20-8-12(16)21(2,18)19/h3-4,7,12H,5-6,8,14H2,1-2H3,(H,15,17). The van der Waals surface area contributed by atoms with Crippen LogP contribution in [0.5, 0.6) is 0 Å². The highest BCUT2D eigenvalue weighted by atomic mass is 32.2. The topological polar surface area (TPSA) is 92.5 Å². The minimum atomic E-state index is -3.23. The summed E-state index contributed by atoms with van der Waals surface area (Å²) in [5.41, 5.74) is 7.54. The Balaban J connectivity index is 2.45. The van der Waals surface area contributed by atoms with Gasteiger partial charge in [0.05, 0.1) is 11.4 Å². The van der Waals surface area contributed by atoms with Crippen LogP contribution in [0.25, 0.3) is 0 Å². The number of nitrogens with zero attached hydrogens (tertiary/aromatic N) is 1. The highest BCUT2D eigenvalue weighted by Gasteiger charge is 2.32. The molecular formula is C13H19N3O3S2. The molecule has 0 aliphatic carbocycles. The van der Waals surface area contributed by atoms with E-state index in [0.717, 1.165) is 5.75 Å². The average Bonchev–Trinajstić information content (AvgIpc) is 2.46. The second-order valence-electron chi connectivity index (χ2n) is 4.91. The summed E-state index contributed by atoms with van der Waals surface area (Å²) in [6.45, 7) is 0.587. The highest BCUT2D eigenvalue weighted by Crippen LogP contribution is 2.31. The summed E-state index contributed by atoms with van der Waals surface area (Å²) in [5.74, 6) is 1.11. The van der Waals surface area contributed by atoms with Gasteiger partial charge in [-0.15, -0.1) is 0 Å². The molecule has 1 aliphatic rings. The van der Waals surface area contributed by atoms with Gasteiger partial charge in [-0.05, 0) is 18.2 Å². The molecule has 0 bridgehead atoms. The molecule has 0 radical (unpaired) electrons. The van der Waals surface area contributed by atoms with E-state index in [1.54, 1.807) is 41.9 Å². The molecule has 1 aromatic carbocycles. The van der Waals surface area contributed by atoms with Crippen molar-refractivity contribution in [2.24, 2.45) is 0 Å². The third-order valence-corrected chi connectivity index (χ3v) is 6.05. The van der Waals surface area contributed by atoms with Crippen molar-refractivity contribution in [1.82, 2.24) is 5.32 Å². The number of amides is 1. The summed E-state index contributed by atoms with van der Waals surface area (Å²) in [7, 11) is -1.68. The fraction of sp³-hybridized carbons (Fsp3) is 0.462. The molecule has 8 heteroatoms. The largest absolute Gasteiger partial charge is 0.397 e. The molecule has 0 spiro atoms. The lowest BCUT2D eigenvalue weighted by atomic mass is 10.1. The molecule has 21 heavy (non-hydrogen) atoms. The zero-order valence-corrected chi connectivity index (χ0v) is 13.6. The van der Waals surface area contributed by atoms with Gasteiger partial charge < -0.3 is 16.0 Å². The number of nitrogens with two attached hydrogens (primary N) is 1. The normalized spacial score (nSPS) is 19.3. The zero-order chi connectivity index (χ0) is 15.6. The van der Waals surface area contributed by atoms with Crippen molar-refractivity contribution < 1.29 is 13.2 Å². The summed E-state index contributed by atoms with van der Waals surface area (Å²) in [4.78, 5) is 13.5. The van der Waals surface area contributed by atoms with Crippen LogP contribution in [0.4, 0.5) is 11.4 Å². The van der Waals surface area contributed by atoms with Gasteiger partial charge in [-0.1, -0.05) is 0 Å². The lowest BCUT2D eigenvalue weighted by molar-refractivity contribution is 0.0963. The first-order chi connectivity index (χ1) is 9.84. The third-order valence-electron chi connectivity index (χ3n) is 3.41. The van der Waals surface area contributed by atoms with Crippen LogP contribution >= 0.6 is 11.8 Å². The number of carbonyl (C=O) groups excluding carboxylic acids is 1. The van der Waals surface area contributed by atoms with Crippen molar-refractivity contribution in [1.29, 1.82) is 0 Å².